The number of aromatic nitrogens is 2. The number of nitrogens with zero attached hydrogens (tertiary/aromatic N) is 1. The van der Waals surface area contributed by atoms with E-state index in [4.69, 9.17) is 5.11 Å². The number of nitrogens with one attached hydrogen (secondary N) is 3. The number of hydrogen-bond acceptors (Lipinski definition) is 3. The highest BCUT2D eigenvalue weighted by Crippen LogP contribution is 1.93. The first-order valence-electron chi connectivity index (χ1n) is 5.35. The van der Waals surface area contributed by atoms with E-state index in [0.717, 1.165) is 18.7 Å². The predicted octanol–water partition coefficient (Wildman–Crippen LogP) is 0.115. The minimum absolute atomic E-state index is 0.471. The summed E-state index contributed by atoms with van der Waals surface area (Å²) in [5, 5.41) is 13.4. The number of hydrogen-bond donors (Lipinski definition) is 4. The van der Waals surface area contributed by atoms with E-state index in [9.17, 15) is 9.59 Å². The molecule has 1 rings (SSSR count). The molecule has 0 saturated heterocycles. The van der Waals surface area contributed by atoms with Gasteiger partial charge in [0.25, 0.3) is 0 Å². The lowest BCUT2D eigenvalue weighted by atomic mass is 10.3. The molecule has 4 N–H and O–H groups in total. The highest BCUT2D eigenvalue weighted by Gasteiger charge is 2.12. The van der Waals surface area contributed by atoms with Crippen LogP contribution in [0.5, 0.6) is 0 Å². The zero-order valence-electron chi connectivity index (χ0n) is 9.56. The van der Waals surface area contributed by atoms with Crippen LogP contribution in [-0.4, -0.2) is 39.7 Å². The third-order valence-electron chi connectivity index (χ3n) is 2.15. The van der Waals surface area contributed by atoms with Crippen molar-refractivity contribution in [3.63, 3.8) is 0 Å². The molecule has 7 heteroatoms. The van der Waals surface area contributed by atoms with E-state index < -0.39 is 18.0 Å². The summed E-state index contributed by atoms with van der Waals surface area (Å²) in [5.74, 6) is -0.193. The summed E-state index contributed by atoms with van der Waals surface area (Å²) >= 11 is 0. The Morgan fingerprint density at radius 3 is 2.94 bits per heavy atom. The maximum Gasteiger partial charge on any atom is 0.325 e. The molecule has 94 valence electrons. The molecule has 1 aromatic rings. The van der Waals surface area contributed by atoms with Crippen molar-refractivity contribution in [1.82, 2.24) is 20.6 Å². The number of carboxylic acid groups (broad SMARTS) is 1. The summed E-state index contributed by atoms with van der Waals surface area (Å²) in [6, 6.07) is -1.36. The smallest absolute Gasteiger partial charge is 0.325 e. The fourth-order valence-electron chi connectivity index (χ4n) is 1.20. The highest BCUT2D eigenvalue weighted by molar-refractivity contribution is 5.82. The number of imidazole rings is 1. The molecule has 0 spiro atoms. The average Bonchev–Trinajstić information content (AvgIpc) is 2.77. The fourth-order valence-corrected chi connectivity index (χ4v) is 1.20. The van der Waals surface area contributed by atoms with Crippen LogP contribution in [0, 0.1) is 0 Å². The van der Waals surface area contributed by atoms with Gasteiger partial charge in [0.05, 0.1) is 0 Å². The zero-order valence-corrected chi connectivity index (χ0v) is 9.56. The maximum absolute atomic E-state index is 11.2. The number of H-pyrrole nitrogens is 1. The van der Waals surface area contributed by atoms with E-state index in [1.54, 1.807) is 12.4 Å². The van der Waals surface area contributed by atoms with Crippen molar-refractivity contribution >= 4 is 12.0 Å². The molecule has 1 unspecified atom stereocenters. The number of rotatable bonds is 6. The van der Waals surface area contributed by atoms with Crippen molar-refractivity contribution in [3.8, 4) is 0 Å². The van der Waals surface area contributed by atoms with E-state index in [1.165, 1.54) is 6.92 Å². The second-order valence-electron chi connectivity index (χ2n) is 3.60. The standard InChI is InChI=1S/C10H16N4O3/c1-7(9(15)16)14-10(17)13-4-2-3-8-11-5-6-12-8/h5-7H,2-4H2,1H3,(H,11,12)(H,15,16)(H2,13,14,17). The van der Waals surface area contributed by atoms with Gasteiger partial charge in [-0.2, -0.15) is 0 Å². The summed E-state index contributed by atoms with van der Waals surface area (Å²) in [4.78, 5) is 28.7. The zero-order chi connectivity index (χ0) is 12.7. The highest BCUT2D eigenvalue weighted by atomic mass is 16.4. The van der Waals surface area contributed by atoms with Crippen molar-refractivity contribution in [3.05, 3.63) is 18.2 Å². The van der Waals surface area contributed by atoms with Crippen molar-refractivity contribution < 1.29 is 14.7 Å². The molecule has 1 atom stereocenters. The van der Waals surface area contributed by atoms with E-state index in [-0.39, 0.29) is 0 Å². The van der Waals surface area contributed by atoms with Crippen LogP contribution in [0.2, 0.25) is 0 Å². The Bertz CT molecular complexity index is 364. The van der Waals surface area contributed by atoms with Crippen molar-refractivity contribution in [2.75, 3.05) is 6.54 Å². The first kappa shape index (κ1) is 13.0. The lowest BCUT2D eigenvalue weighted by Gasteiger charge is -2.10. The van der Waals surface area contributed by atoms with Gasteiger partial charge in [0.2, 0.25) is 0 Å². The Morgan fingerprint density at radius 1 is 1.59 bits per heavy atom. The molecule has 0 aliphatic carbocycles. The van der Waals surface area contributed by atoms with Gasteiger partial charge in [-0.15, -0.1) is 0 Å². The molecule has 0 radical (unpaired) electrons. The number of carboxylic acids is 1. The van der Waals surface area contributed by atoms with E-state index >= 15 is 0 Å². The molecule has 7 nitrogen and oxygen atoms in total. The Balaban J connectivity index is 2.10. The Kier molecular flexibility index (Phi) is 4.99. The normalized spacial score (nSPS) is 11.8. The van der Waals surface area contributed by atoms with Crippen molar-refractivity contribution in [2.45, 2.75) is 25.8 Å². The summed E-state index contributed by atoms with van der Waals surface area (Å²) in [6.07, 6.45) is 4.89. The van der Waals surface area contributed by atoms with E-state index in [2.05, 4.69) is 20.6 Å². The first-order valence-corrected chi connectivity index (χ1v) is 5.35. The first-order chi connectivity index (χ1) is 8.09. The number of carbonyl (C=O) groups is 2. The van der Waals surface area contributed by atoms with Gasteiger partial charge in [0, 0.05) is 25.4 Å². The van der Waals surface area contributed by atoms with Crippen LogP contribution in [-0.2, 0) is 11.2 Å². The number of aromatic amines is 1. The average molecular weight is 240 g/mol. The number of carbonyl (C=O) groups excluding carboxylic acids is 1. The molecule has 0 aliphatic rings. The third-order valence-corrected chi connectivity index (χ3v) is 2.15. The van der Waals surface area contributed by atoms with Gasteiger partial charge in [0.15, 0.2) is 0 Å². The lowest BCUT2D eigenvalue weighted by Crippen LogP contribution is -2.44. The summed E-state index contributed by atoms with van der Waals surface area (Å²) < 4.78 is 0. The third kappa shape index (κ3) is 5.01. The molecule has 1 heterocycles. The van der Waals surface area contributed by atoms with Crippen LogP contribution in [0.15, 0.2) is 12.4 Å². The molecule has 0 aliphatic heterocycles. The van der Waals surface area contributed by atoms with Crippen molar-refractivity contribution in [1.29, 1.82) is 0 Å². The van der Waals surface area contributed by atoms with Gasteiger partial charge in [-0.25, -0.2) is 9.78 Å². The fraction of sp³-hybridized carbons (Fsp3) is 0.500. The van der Waals surface area contributed by atoms with Gasteiger partial charge in [-0.05, 0) is 13.3 Å². The lowest BCUT2D eigenvalue weighted by molar-refractivity contribution is -0.138. The Hall–Kier alpha value is -2.05. The molecule has 0 aromatic carbocycles. The molecule has 0 bridgehead atoms. The molecule has 2 amide bonds. The van der Waals surface area contributed by atoms with Crippen LogP contribution >= 0.6 is 0 Å². The Labute approximate surface area is 98.6 Å². The number of aryl methyl sites for hydroxylation is 1. The minimum Gasteiger partial charge on any atom is -0.480 e. The summed E-state index contributed by atoms with van der Waals surface area (Å²) in [6.45, 7) is 1.88. The maximum atomic E-state index is 11.2. The predicted molar refractivity (Wildman–Crippen MR) is 60.5 cm³/mol. The summed E-state index contributed by atoms with van der Waals surface area (Å²) in [7, 11) is 0. The molecular weight excluding hydrogens is 224 g/mol. The van der Waals surface area contributed by atoms with E-state index in [0.29, 0.717) is 6.54 Å². The number of urea groups is 1. The SMILES string of the molecule is CC(NC(=O)NCCCc1ncc[nH]1)C(=O)O. The van der Waals surface area contributed by atoms with Crippen LogP contribution in [0.4, 0.5) is 4.79 Å². The minimum atomic E-state index is -1.06. The molecule has 1 aromatic heterocycles. The molecular formula is C10H16N4O3. The van der Waals surface area contributed by atoms with Crippen LogP contribution in [0.3, 0.4) is 0 Å². The summed E-state index contributed by atoms with van der Waals surface area (Å²) in [5.41, 5.74) is 0. The van der Waals surface area contributed by atoms with Crippen LogP contribution < -0.4 is 10.6 Å². The van der Waals surface area contributed by atoms with Gasteiger partial charge < -0.3 is 20.7 Å². The largest absolute Gasteiger partial charge is 0.480 e. The van der Waals surface area contributed by atoms with E-state index in [1.807, 2.05) is 0 Å². The van der Waals surface area contributed by atoms with Gasteiger partial charge in [-0.3, -0.25) is 4.79 Å². The molecule has 0 fully saturated rings. The quantitative estimate of drug-likeness (QED) is 0.529. The second kappa shape index (κ2) is 6.51. The van der Waals surface area contributed by atoms with Gasteiger partial charge in [0.1, 0.15) is 11.9 Å². The van der Waals surface area contributed by atoms with Gasteiger partial charge in [-0.1, -0.05) is 0 Å². The Morgan fingerprint density at radius 2 is 2.35 bits per heavy atom. The topological polar surface area (TPSA) is 107 Å². The second-order valence-corrected chi connectivity index (χ2v) is 3.60. The van der Waals surface area contributed by atoms with Crippen molar-refractivity contribution in [2.24, 2.45) is 0 Å². The van der Waals surface area contributed by atoms with Crippen LogP contribution in [0.25, 0.3) is 0 Å². The molecule has 0 saturated carbocycles. The number of amides is 2. The molecule has 17 heavy (non-hydrogen) atoms. The van der Waals surface area contributed by atoms with Crippen LogP contribution in [0.1, 0.15) is 19.2 Å². The monoisotopic (exact) mass is 240 g/mol. The van der Waals surface area contributed by atoms with Gasteiger partial charge >= 0.3 is 12.0 Å². The number of aliphatic carboxylic acids is 1.